The molecule has 6 heteroatoms. The molecule has 0 unspecified atom stereocenters. The van der Waals surface area contributed by atoms with Crippen LogP contribution in [-0.2, 0) is 9.59 Å². The molecule has 0 aliphatic rings. The van der Waals surface area contributed by atoms with Crippen LogP contribution in [0.5, 0.6) is 0 Å². The second kappa shape index (κ2) is 8.53. The summed E-state index contributed by atoms with van der Waals surface area (Å²) in [6.07, 6.45) is 0.402. The SMILES string of the molecule is CCC(=O)Nc1cccc(NC(=O)CNc2cc(Cl)ccc2C)c1C. The molecule has 2 amide bonds. The molecule has 0 saturated heterocycles. The number of rotatable bonds is 6. The number of hydrogen-bond donors (Lipinski definition) is 3. The standard InChI is InChI=1S/C19H22ClN3O2/c1-4-18(24)22-15-6-5-7-16(13(15)3)23-19(25)11-21-17-10-14(20)9-8-12(17)2/h5-10,21H,4,11H2,1-3H3,(H,22,24)(H,23,25). The molecule has 25 heavy (non-hydrogen) atoms. The van der Waals surface area contributed by atoms with E-state index in [0.717, 1.165) is 16.8 Å². The third-order valence-corrected chi connectivity index (χ3v) is 4.08. The molecule has 2 rings (SSSR count). The van der Waals surface area contributed by atoms with E-state index in [2.05, 4.69) is 16.0 Å². The summed E-state index contributed by atoms with van der Waals surface area (Å²) in [6, 6.07) is 10.9. The Hall–Kier alpha value is -2.53. The van der Waals surface area contributed by atoms with E-state index in [1.807, 2.05) is 32.0 Å². The lowest BCUT2D eigenvalue weighted by Crippen LogP contribution is -2.22. The van der Waals surface area contributed by atoms with E-state index in [4.69, 9.17) is 11.6 Å². The van der Waals surface area contributed by atoms with Gasteiger partial charge in [0, 0.05) is 28.5 Å². The van der Waals surface area contributed by atoms with Gasteiger partial charge in [-0.1, -0.05) is 30.7 Å². The van der Waals surface area contributed by atoms with Gasteiger partial charge in [0.25, 0.3) is 0 Å². The van der Waals surface area contributed by atoms with Crippen LogP contribution in [0, 0.1) is 13.8 Å². The Morgan fingerprint density at radius 2 is 1.60 bits per heavy atom. The first-order valence-electron chi connectivity index (χ1n) is 8.10. The summed E-state index contributed by atoms with van der Waals surface area (Å²) in [5.41, 5.74) is 4.02. The fourth-order valence-corrected chi connectivity index (χ4v) is 2.47. The molecule has 132 valence electrons. The maximum absolute atomic E-state index is 12.2. The van der Waals surface area contributed by atoms with E-state index in [1.165, 1.54) is 0 Å². The van der Waals surface area contributed by atoms with E-state index >= 15 is 0 Å². The van der Waals surface area contributed by atoms with Crippen LogP contribution >= 0.6 is 11.6 Å². The highest BCUT2D eigenvalue weighted by Crippen LogP contribution is 2.24. The summed E-state index contributed by atoms with van der Waals surface area (Å²) in [7, 11) is 0. The molecule has 5 nitrogen and oxygen atoms in total. The number of amides is 2. The van der Waals surface area contributed by atoms with Gasteiger partial charge in [-0.25, -0.2) is 0 Å². The van der Waals surface area contributed by atoms with Crippen molar-refractivity contribution in [2.24, 2.45) is 0 Å². The zero-order chi connectivity index (χ0) is 18.4. The molecule has 0 saturated carbocycles. The molecule has 0 aromatic heterocycles. The average molecular weight is 360 g/mol. The Balaban J connectivity index is 2.02. The normalized spacial score (nSPS) is 10.2. The fourth-order valence-electron chi connectivity index (χ4n) is 2.30. The van der Waals surface area contributed by atoms with Gasteiger partial charge >= 0.3 is 0 Å². The molecule has 0 atom stereocenters. The van der Waals surface area contributed by atoms with Gasteiger partial charge in [-0.3, -0.25) is 9.59 Å². The number of benzene rings is 2. The summed E-state index contributed by atoms with van der Waals surface area (Å²) in [5.74, 6) is -0.244. The van der Waals surface area contributed by atoms with Crippen LogP contribution in [0.2, 0.25) is 5.02 Å². The maximum atomic E-state index is 12.2. The number of anilines is 3. The van der Waals surface area contributed by atoms with Gasteiger partial charge in [-0.15, -0.1) is 0 Å². The molecule has 2 aromatic rings. The third-order valence-electron chi connectivity index (χ3n) is 3.84. The number of carbonyl (C=O) groups is 2. The van der Waals surface area contributed by atoms with Gasteiger partial charge in [-0.2, -0.15) is 0 Å². The van der Waals surface area contributed by atoms with E-state index in [1.54, 1.807) is 25.1 Å². The first kappa shape index (κ1) is 18.8. The summed E-state index contributed by atoms with van der Waals surface area (Å²) in [4.78, 5) is 23.8. The first-order chi connectivity index (χ1) is 11.9. The number of carbonyl (C=O) groups excluding carboxylic acids is 2. The van der Waals surface area contributed by atoms with Crippen LogP contribution in [0.3, 0.4) is 0 Å². The van der Waals surface area contributed by atoms with Crippen molar-refractivity contribution in [1.82, 2.24) is 0 Å². The van der Waals surface area contributed by atoms with Crippen LogP contribution in [0.15, 0.2) is 36.4 Å². The number of nitrogens with one attached hydrogen (secondary N) is 3. The average Bonchev–Trinajstić information content (AvgIpc) is 2.59. The lowest BCUT2D eigenvalue weighted by Gasteiger charge is -2.14. The summed E-state index contributed by atoms with van der Waals surface area (Å²) < 4.78 is 0. The number of aryl methyl sites for hydroxylation is 1. The Morgan fingerprint density at radius 3 is 2.24 bits per heavy atom. The quantitative estimate of drug-likeness (QED) is 0.717. The molecular formula is C19H22ClN3O2. The number of halogens is 1. The Morgan fingerprint density at radius 1 is 0.960 bits per heavy atom. The van der Waals surface area contributed by atoms with Crippen LogP contribution < -0.4 is 16.0 Å². The molecule has 0 bridgehead atoms. The van der Waals surface area contributed by atoms with Gasteiger partial charge in [0.1, 0.15) is 0 Å². The number of hydrogen-bond acceptors (Lipinski definition) is 3. The van der Waals surface area contributed by atoms with Crippen LogP contribution in [-0.4, -0.2) is 18.4 Å². The molecule has 3 N–H and O–H groups in total. The zero-order valence-corrected chi connectivity index (χ0v) is 15.3. The van der Waals surface area contributed by atoms with Crippen molar-refractivity contribution in [2.45, 2.75) is 27.2 Å². The van der Waals surface area contributed by atoms with Gasteiger partial charge in [0.2, 0.25) is 11.8 Å². The largest absolute Gasteiger partial charge is 0.376 e. The molecule has 0 aliphatic carbocycles. The molecular weight excluding hydrogens is 338 g/mol. The lowest BCUT2D eigenvalue weighted by atomic mass is 10.1. The maximum Gasteiger partial charge on any atom is 0.243 e. The molecule has 2 aromatic carbocycles. The third kappa shape index (κ3) is 5.22. The van der Waals surface area contributed by atoms with Crippen molar-refractivity contribution in [1.29, 1.82) is 0 Å². The second-order valence-electron chi connectivity index (χ2n) is 5.74. The highest BCUT2D eigenvalue weighted by molar-refractivity contribution is 6.30. The minimum absolute atomic E-state index is 0.0651. The van der Waals surface area contributed by atoms with Crippen molar-refractivity contribution >= 4 is 40.5 Å². The Labute approximate surface area is 152 Å². The van der Waals surface area contributed by atoms with Crippen molar-refractivity contribution in [2.75, 3.05) is 22.5 Å². The highest BCUT2D eigenvalue weighted by atomic mass is 35.5. The van der Waals surface area contributed by atoms with Gasteiger partial charge in [-0.05, 0) is 49.2 Å². The van der Waals surface area contributed by atoms with E-state index in [0.29, 0.717) is 22.8 Å². The molecule has 0 aliphatic heterocycles. The monoisotopic (exact) mass is 359 g/mol. The van der Waals surface area contributed by atoms with Crippen molar-refractivity contribution in [3.8, 4) is 0 Å². The summed E-state index contributed by atoms with van der Waals surface area (Å²) >= 11 is 5.98. The highest BCUT2D eigenvalue weighted by Gasteiger charge is 2.10. The Bertz CT molecular complexity index is 790. The van der Waals surface area contributed by atoms with Crippen LogP contribution in [0.4, 0.5) is 17.1 Å². The Kier molecular flexibility index (Phi) is 6.42. The summed E-state index contributed by atoms with van der Waals surface area (Å²) in [5, 5.41) is 9.38. The molecule has 0 fully saturated rings. The smallest absolute Gasteiger partial charge is 0.243 e. The van der Waals surface area contributed by atoms with Crippen molar-refractivity contribution in [3.63, 3.8) is 0 Å². The van der Waals surface area contributed by atoms with Gasteiger partial charge < -0.3 is 16.0 Å². The zero-order valence-electron chi connectivity index (χ0n) is 14.6. The minimum Gasteiger partial charge on any atom is -0.376 e. The van der Waals surface area contributed by atoms with E-state index in [9.17, 15) is 9.59 Å². The predicted octanol–water partition coefficient (Wildman–Crippen LogP) is 4.36. The van der Waals surface area contributed by atoms with Crippen LogP contribution in [0.25, 0.3) is 0 Å². The van der Waals surface area contributed by atoms with E-state index in [-0.39, 0.29) is 18.4 Å². The lowest BCUT2D eigenvalue weighted by molar-refractivity contribution is -0.116. The molecule has 0 radical (unpaired) electrons. The van der Waals surface area contributed by atoms with E-state index < -0.39 is 0 Å². The van der Waals surface area contributed by atoms with Crippen LogP contribution in [0.1, 0.15) is 24.5 Å². The first-order valence-corrected chi connectivity index (χ1v) is 8.48. The van der Waals surface area contributed by atoms with Gasteiger partial charge in [0.15, 0.2) is 0 Å². The fraction of sp³-hybridized carbons (Fsp3) is 0.263. The topological polar surface area (TPSA) is 70.2 Å². The molecule has 0 spiro atoms. The predicted molar refractivity (Wildman–Crippen MR) is 103 cm³/mol. The second-order valence-corrected chi connectivity index (χ2v) is 6.18. The summed E-state index contributed by atoms with van der Waals surface area (Å²) in [6.45, 7) is 5.71. The van der Waals surface area contributed by atoms with Crippen molar-refractivity contribution in [3.05, 3.63) is 52.5 Å². The van der Waals surface area contributed by atoms with Gasteiger partial charge in [0.05, 0.1) is 6.54 Å². The molecule has 0 heterocycles. The minimum atomic E-state index is -0.179. The van der Waals surface area contributed by atoms with Crippen molar-refractivity contribution < 1.29 is 9.59 Å².